The number of carbonyl (C=O) groups is 1. The average molecular weight is 308 g/mol. The fourth-order valence-electron chi connectivity index (χ4n) is 1.91. The molecule has 0 bridgehead atoms. The van der Waals surface area contributed by atoms with Crippen LogP contribution >= 0.6 is 11.6 Å². The summed E-state index contributed by atoms with van der Waals surface area (Å²) >= 11 is 6.02. The van der Waals surface area contributed by atoms with Gasteiger partial charge in [0.05, 0.1) is 6.07 Å². The lowest BCUT2D eigenvalue weighted by Crippen LogP contribution is -2.46. The smallest absolute Gasteiger partial charge is 0.252 e. The van der Waals surface area contributed by atoms with E-state index in [-0.39, 0.29) is 16.5 Å². The Morgan fingerprint density at radius 3 is 2.33 bits per heavy atom. The predicted molar refractivity (Wildman–Crippen MR) is 84.3 cm³/mol. The lowest BCUT2D eigenvalue weighted by molar-refractivity contribution is 0.0915. The van der Waals surface area contributed by atoms with E-state index in [1.807, 2.05) is 34.6 Å². The van der Waals surface area contributed by atoms with Gasteiger partial charge in [-0.3, -0.25) is 4.79 Å². The van der Waals surface area contributed by atoms with Crippen LogP contribution in [0.4, 0.5) is 0 Å². The molecule has 1 N–H and O–H groups in total. The van der Waals surface area contributed by atoms with E-state index in [0.29, 0.717) is 18.4 Å². The van der Waals surface area contributed by atoms with Crippen LogP contribution < -0.4 is 5.32 Å². The molecule has 0 radical (unpaired) electrons. The Hall–Kier alpha value is -1.60. The zero-order valence-corrected chi connectivity index (χ0v) is 14.0. The molecular weight excluding hydrogens is 286 g/mol. The summed E-state index contributed by atoms with van der Waals surface area (Å²) in [5, 5.41) is 12.4. The van der Waals surface area contributed by atoms with Crippen LogP contribution in [0.5, 0.6) is 0 Å². The second-order valence-corrected chi connectivity index (χ2v) is 6.56. The number of rotatable bonds is 4. The van der Waals surface area contributed by atoms with Crippen molar-refractivity contribution in [1.29, 1.82) is 5.26 Å². The van der Waals surface area contributed by atoms with Crippen molar-refractivity contribution in [2.45, 2.75) is 58.4 Å². The van der Waals surface area contributed by atoms with Crippen molar-refractivity contribution in [3.05, 3.63) is 28.5 Å². The molecule has 1 amide bonds. The maximum absolute atomic E-state index is 12.4. The first-order chi connectivity index (χ1) is 9.67. The first-order valence-electron chi connectivity index (χ1n) is 7.09. The van der Waals surface area contributed by atoms with E-state index in [4.69, 9.17) is 11.6 Å². The van der Waals surface area contributed by atoms with Crippen molar-refractivity contribution in [3.63, 3.8) is 0 Å². The van der Waals surface area contributed by atoms with E-state index in [2.05, 4.69) is 16.4 Å². The fourth-order valence-corrected chi connectivity index (χ4v) is 2.12. The van der Waals surface area contributed by atoms with Crippen LogP contribution in [0, 0.1) is 11.3 Å². The minimum atomic E-state index is -0.839. The molecule has 4 nitrogen and oxygen atoms in total. The molecule has 0 atom stereocenters. The number of nitrogens with zero attached hydrogens (tertiary/aromatic N) is 2. The molecule has 0 aliphatic carbocycles. The summed E-state index contributed by atoms with van der Waals surface area (Å²) in [7, 11) is 0. The summed E-state index contributed by atoms with van der Waals surface area (Å²) in [6.45, 7) is 9.78. The van der Waals surface area contributed by atoms with Gasteiger partial charge in [-0.15, -0.1) is 0 Å². The number of amides is 1. The number of nitriles is 1. The van der Waals surface area contributed by atoms with Gasteiger partial charge < -0.3 is 5.32 Å². The molecule has 0 saturated heterocycles. The topological polar surface area (TPSA) is 65.8 Å². The third-order valence-electron chi connectivity index (χ3n) is 3.60. The standard InChI is InChI=1S/C16H22ClN3O/c1-6-16(7-2,10-18)20-14(21)11-8-12(15(3,4)5)19-13(17)9-11/h8-9H,6-7H2,1-5H3,(H,20,21). The van der Waals surface area contributed by atoms with Crippen LogP contribution in [0.3, 0.4) is 0 Å². The van der Waals surface area contributed by atoms with Gasteiger partial charge in [0.25, 0.3) is 5.91 Å². The van der Waals surface area contributed by atoms with Crippen molar-refractivity contribution in [2.75, 3.05) is 0 Å². The molecule has 1 aromatic heterocycles. The highest BCUT2D eigenvalue weighted by Gasteiger charge is 2.29. The van der Waals surface area contributed by atoms with Gasteiger partial charge in [0, 0.05) is 16.7 Å². The molecule has 1 heterocycles. The Kier molecular flexibility index (Phi) is 5.36. The molecule has 1 aromatic rings. The van der Waals surface area contributed by atoms with Gasteiger partial charge in [0.1, 0.15) is 10.7 Å². The van der Waals surface area contributed by atoms with Gasteiger partial charge in [-0.05, 0) is 25.0 Å². The van der Waals surface area contributed by atoms with E-state index in [9.17, 15) is 10.1 Å². The van der Waals surface area contributed by atoms with Crippen LogP contribution in [0.25, 0.3) is 0 Å². The highest BCUT2D eigenvalue weighted by molar-refractivity contribution is 6.29. The zero-order valence-electron chi connectivity index (χ0n) is 13.2. The third kappa shape index (κ3) is 4.18. The van der Waals surface area contributed by atoms with Crippen molar-refractivity contribution in [3.8, 4) is 6.07 Å². The summed E-state index contributed by atoms with van der Waals surface area (Å²) in [6, 6.07) is 5.45. The zero-order chi connectivity index (χ0) is 16.3. The van der Waals surface area contributed by atoms with Crippen molar-refractivity contribution >= 4 is 17.5 Å². The van der Waals surface area contributed by atoms with Crippen LogP contribution in [0.15, 0.2) is 12.1 Å². The Labute approximate surface area is 131 Å². The van der Waals surface area contributed by atoms with E-state index < -0.39 is 5.54 Å². The number of pyridine rings is 1. The number of halogens is 1. The molecule has 0 fully saturated rings. The minimum Gasteiger partial charge on any atom is -0.334 e. The third-order valence-corrected chi connectivity index (χ3v) is 3.79. The average Bonchev–Trinajstić information content (AvgIpc) is 2.43. The summed E-state index contributed by atoms with van der Waals surface area (Å²) in [5.41, 5.74) is 0.133. The maximum atomic E-state index is 12.4. The predicted octanol–water partition coefficient (Wildman–Crippen LogP) is 3.84. The van der Waals surface area contributed by atoms with Crippen LogP contribution in [0.2, 0.25) is 5.15 Å². The number of hydrogen-bond acceptors (Lipinski definition) is 3. The highest BCUT2D eigenvalue weighted by Crippen LogP contribution is 2.24. The van der Waals surface area contributed by atoms with Crippen LogP contribution in [-0.2, 0) is 5.41 Å². The van der Waals surface area contributed by atoms with Gasteiger partial charge in [0.2, 0.25) is 0 Å². The van der Waals surface area contributed by atoms with E-state index >= 15 is 0 Å². The van der Waals surface area contributed by atoms with Gasteiger partial charge in [-0.25, -0.2) is 4.98 Å². The number of nitrogens with one attached hydrogen (secondary N) is 1. The molecule has 0 spiro atoms. The Morgan fingerprint density at radius 2 is 1.90 bits per heavy atom. The van der Waals surface area contributed by atoms with E-state index in [1.165, 1.54) is 6.07 Å². The van der Waals surface area contributed by atoms with Crippen LogP contribution in [0.1, 0.15) is 63.5 Å². The second-order valence-electron chi connectivity index (χ2n) is 6.17. The molecule has 0 aliphatic heterocycles. The quantitative estimate of drug-likeness (QED) is 0.859. The molecule has 114 valence electrons. The van der Waals surface area contributed by atoms with Crippen molar-refractivity contribution in [2.24, 2.45) is 0 Å². The summed E-state index contributed by atoms with van der Waals surface area (Å²) in [4.78, 5) is 16.7. The number of hydrogen-bond donors (Lipinski definition) is 1. The number of carbonyl (C=O) groups excluding carboxylic acids is 1. The fraction of sp³-hybridized carbons (Fsp3) is 0.562. The van der Waals surface area contributed by atoms with Gasteiger partial charge in [-0.1, -0.05) is 46.2 Å². The molecule has 0 unspecified atom stereocenters. The van der Waals surface area contributed by atoms with Crippen molar-refractivity contribution in [1.82, 2.24) is 10.3 Å². The lowest BCUT2D eigenvalue weighted by Gasteiger charge is -2.25. The Bertz CT molecular complexity index is 566. The largest absolute Gasteiger partial charge is 0.334 e. The summed E-state index contributed by atoms with van der Waals surface area (Å²) < 4.78 is 0. The lowest BCUT2D eigenvalue weighted by atomic mass is 9.90. The highest BCUT2D eigenvalue weighted by atomic mass is 35.5. The molecular formula is C16H22ClN3O. The minimum absolute atomic E-state index is 0.207. The van der Waals surface area contributed by atoms with Gasteiger partial charge >= 0.3 is 0 Å². The summed E-state index contributed by atoms with van der Waals surface area (Å²) in [5.74, 6) is -0.296. The molecule has 0 aromatic carbocycles. The monoisotopic (exact) mass is 307 g/mol. The van der Waals surface area contributed by atoms with Gasteiger partial charge in [0.15, 0.2) is 0 Å². The Balaban J connectivity index is 3.15. The van der Waals surface area contributed by atoms with Gasteiger partial charge in [-0.2, -0.15) is 5.26 Å². The maximum Gasteiger partial charge on any atom is 0.252 e. The molecule has 1 rings (SSSR count). The van der Waals surface area contributed by atoms with Crippen LogP contribution in [-0.4, -0.2) is 16.4 Å². The summed E-state index contributed by atoms with van der Waals surface area (Å²) in [6.07, 6.45) is 1.10. The first-order valence-corrected chi connectivity index (χ1v) is 7.47. The molecule has 0 aliphatic rings. The molecule has 5 heteroatoms. The normalized spacial score (nSPS) is 11.9. The van der Waals surface area contributed by atoms with E-state index in [0.717, 1.165) is 5.69 Å². The van der Waals surface area contributed by atoms with E-state index in [1.54, 1.807) is 6.07 Å². The van der Waals surface area contributed by atoms with Crippen molar-refractivity contribution < 1.29 is 4.79 Å². The molecule has 21 heavy (non-hydrogen) atoms. The SMILES string of the molecule is CCC(C#N)(CC)NC(=O)c1cc(Cl)nc(C(C)(C)C)c1. The molecule has 0 saturated carbocycles. The second kappa shape index (κ2) is 6.44. The number of aromatic nitrogens is 1. The Morgan fingerprint density at radius 1 is 1.33 bits per heavy atom. The first kappa shape index (κ1) is 17.5.